The molecular formula is C27H36FN3O3. The molecule has 0 bridgehead atoms. The largest absolute Gasteiger partial charge is 0.491 e. The van der Waals surface area contributed by atoms with Crippen LogP contribution in [0.5, 0.6) is 5.75 Å². The number of amides is 2. The number of nitrogens with one attached hydrogen (secondary N) is 2. The van der Waals surface area contributed by atoms with Gasteiger partial charge in [-0.05, 0) is 76.3 Å². The third-order valence-electron chi connectivity index (χ3n) is 7.20. The van der Waals surface area contributed by atoms with Crippen LogP contribution >= 0.6 is 0 Å². The molecule has 0 spiro atoms. The van der Waals surface area contributed by atoms with Gasteiger partial charge in [-0.2, -0.15) is 0 Å². The minimum atomic E-state index is -0.483. The van der Waals surface area contributed by atoms with Crippen molar-refractivity contribution >= 4 is 11.8 Å². The van der Waals surface area contributed by atoms with Gasteiger partial charge in [-0.3, -0.25) is 9.69 Å². The van der Waals surface area contributed by atoms with E-state index in [4.69, 9.17) is 4.74 Å². The molecule has 1 heterocycles. The number of benzene rings is 1. The standard InChI is InChI=1S/C27H36FN3O3/c1-17(2)34-22-7-5-6-19(10-22)16-31-9-8-27(4,14-18(31)3)25(32)15-29-26(33)30-21-11-20-12-23(20)24(28)13-21/h5-7,10-11,13,17-18,20,23H,8-9,12,14-16H2,1-4H3,(H2,29,30,33)/t18-,20?,23?,27-/m0/s1. The summed E-state index contributed by atoms with van der Waals surface area (Å²) in [6.07, 6.45) is 5.67. The summed E-state index contributed by atoms with van der Waals surface area (Å²) in [5.41, 5.74) is 1.18. The number of nitrogens with zero attached hydrogens (tertiary/aromatic N) is 1. The van der Waals surface area contributed by atoms with E-state index in [0.29, 0.717) is 5.70 Å². The molecule has 1 saturated heterocycles. The average Bonchev–Trinajstić information content (AvgIpc) is 3.54. The minimum Gasteiger partial charge on any atom is -0.491 e. The number of allylic oxidation sites excluding steroid dienone is 3. The molecule has 184 valence electrons. The van der Waals surface area contributed by atoms with Crippen LogP contribution in [0.15, 0.2) is 47.9 Å². The molecule has 2 fully saturated rings. The Bertz CT molecular complexity index is 1000. The van der Waals surface area contributed by atoms with Crippen molar-refractivity contribution in [2.24, 2.45) is 17.3 Å². The number of ether oxygens (including phenoxy) is 1. The normalized spacial score (nSPS) is 28.5. The molecule has 1 aliphatic heterocycles. The van der Waals surface area contributed by atoms with E-state index in [9.17, 15) is 14.0 Å². The fraction of sp³-hybridized carbons (Fsp3) is 0.556. The summed E-state index contributed by atoms with van der Waals surface area (Å²) in [6, 6.07) is 7.94. The Morgan fingerprint density at radius 2 is 2.12 bits per heavy atom. The summed E-state index contributed by atoms with van der Waals surface area (Å²) in [5.74, 6) is 0.924. The van der Waals surface area contributed by atoms with Gasteiger partial charge in [0, 0.05) is 29.6 Å². The van der Waals surface area contributed by atoms with E-state index >= 15 is 0 Å². The number of rotatable bonds is 8. The van der Waals surface area contributed by atoms with E-state index in [-0.39, 0.29) is 42.1 Å². The molecule has 34 heavy (non-hydrogen) atoms. The number of carbonyl (C=O) groups is 2. The summed E-state index contributed by atoms with van der Waals surface area (Å²) in [5, 5.41) is 5.32. The number of urea groups is 1. The van der Waals surface area contributed by atoms with Gasteiger partial charge in [0.15, 0.2) is 5.78 Å². The van der Waals surface area contributed by atoms with Gasteiger partial charge in [-0.25, -0.2) is 9.18 Å². The van der Waals surface area contributed by atoms with Crippen LogP contribution in [-0.2, 0) is 11.3 Å². The Kier molecular flexibility index (Phi) is 7.12. The number of likely N-dealkylation sites (tertiary alicyclic amines) is 1. The van der Waals surface area contributed by atoms with Crippen LogP contribution in [0, 0.1) is 17.3 Å². The molecule has 4 atom stereocenters. The zero-order valence-electron chi connectivity index (χ0n) is 20.6. The number of hydrogen-bond acceptors (Lipinski definition) is 4. The molecule has 4 rings (SSSR count). The van der Waals surface area contributed by atoms with E-state index in [0.717, 1.165) is 38.1 Å². The van der Waals surface area contributed by atoms with Crippen molar-refractivity contribution < 1.29 is 18.7 Å². The SMILES string of the molecule is CC(C)Oc1cccc(CN2CC[C@](C)(C(=O)CNC(=O)NC3=CC4CC4C(F)=C3)C[C@@H]2C)c1. The number of Topliss-reactive ketones (excluding diaryl/α,β-unsaturated/α-hetero) is 1. The van der Waals surface area contributed by atoms with Gasteiger partial charge in [0.25, 0.3) is 0 Å². The molecule has 6 nitrogen and oxygen atoms in total. The fourth-order valence-corrected chi connectivity index (χ4v) is 5.08. The molecule has 2 N–H and O–H groups in total. The molecule has 3 aliphatic rings. The molecule has 2 amide bonds. The van der Waals surface area contributed by atoms with E-state index in [1.54, 1.807) is 0 Å². The van der Waals surface area contributed by atoms with Crippen molar-refractivity contribution in [3.63, 3.8) is 0 Å². The first kappa shape index (κ1) is 24.5. The second-order valence-corrected chi connectivity index (χ2v) is 10.5. The number of ketones is 1. The van der Waals surface area contributed by atoms with Crippen LogP contribution < -0.4 is 15.4 Å². The number of carbonyl (C=O) groups excluding carboxylic acids is 2. The zero-order valence-corrected chi connectivity index (χ0v) is 20.6. The van der Waals surface area contributed by atoms with Crippen molar-refractivity contribution in [3.05, 3.63) is 53.5 Å². The van der Waals surface area contributed by atoms with Crippen molar-refractivity contribution in [1.29, 1.82) is 0 Å². The van der Waals surface area contributed by atoms with E-state index in [1.165, 1.54) is 11.6 Å². The van der Waals surface area contributed by atoms with Crippen LogP contribution in [0.2, 0.25) is 0 Å². The van der Waals surface area contributed by atoms with Crippen molar-refractivity contribution in [3.8, 4) is 5.75 Å². The quantitative estimate of drug-likeness (QED) is 0.578. The van der Waals surface area contributed by atoms with Gasteiger partial charge in [0.2, 0.25) is 0 Å². The second kappa shape index (κ2) is 9.90. The molecule has 1 aromatic carbocycles. The average molecular weight is 470 g/mol. The Morgan fingerprint density at radius 3 is 2.82 bits per heavy atom. The van der Waals surface area contributed by atoms with Crippen LogP contribution in [-0.4, -0.2) is 41.9 Å². The molecule has 7 heteroatoms. The fourth-order valence-electron chi connectivity index (χ4n) is 5.08. The number of halogens is 1. The third kappa shape index (κ3) is 5.87. The van der Waals surface area contributed by atoms with Crippen LogP contribution in [0.1, 0.15) is 52.5 Å². The summed E-state index contributed by atoms with van der Waals surface area (Å²) in [7, 11) is 0. The Balaban J connectivity index is 1.26. The van der Waals surface area contributed by atoms with Crippen molar-refractivity contribution in [2.45, 2.75) is 65.6 Å². The van der Waals surface area contributed by atoms with Gasteiger partial charge in [-0.15, -0.1) is 0 Å². The first-order chi connectivity index (χ1) is 16.1. The summed E-state index contributed by atoms with van der Waals surface area (Å²) < 4.78 is 19.6. The predicted octanol–water partition coefficient (Wildman–Crippen LogP) is 4.72. The van der Waals surface area contributed by atoms with Crippen LogP contribution in [0.25, 0.3) is 0 Å². The highest BCUT2D eigenvalue weighted by Gasteiger charge is 2.42. The highest BCUT2D eigenvalue weighted by Crippen LogP contribution is 2.48. The second-order valence-electron chi connectivity index (χ2n) is 10.5. The van der Waals surface area contributed by atoms with Gasteiger partial charge in [-0.1, -0.05) is 25.1 Å². The maximum atomic E-state index is 13.8. The lowest BCUT2D eigenvalue weighted by Crippen LogP contribution is -2.50. The number of fused-ring (bicyclic) bond motifs is 1. The lowest BCUT2D eigenvalue weighted by molar-refractivity contribution is -0.130. The molecule has 2 unspecified atom stereocenters. The first-order valence-electron chi connectivity index (χ1n) is 12.3. The zero-order chi connectivity index (χ0) is 24.5. The maximum Gasteiger partial charge on any atom is 0.319 e. The van der Waals surface area contributed by atoms with Crippen molar-refractivity contribution in [2.75, 3.05) is 13.1 Å². The highest BCUT2D eigenvalue weighted by atomic mass is 19.1. The van der Waals surface area contributed by atoms with Gasteiger partial charge >= 0.3 is 6.03 Å². The lowest BCUT2D eigenvalue weighted by Gasteiger charge is -2.43. The topological polar surface area (TPSA) is 70.7 Å². The minimum absolute atomic E-state index is 0.000287. The molecule has 2 aliphatic carbocycles. The van der Waals surface area contributed by atoms with Crippen molar-refractivity contribution in [1.82, 2.24) is 15.5 Å². The first-order valence-corrected chi connectivity index (χ1v) is 12.3. The van der Waals surface area contributed by atoms with Gasteiger partial charge < -0.3 is 15.4 Å². The molecular weight excluding hydrogens is 433 g/mol. The Labute approximate surface area is 201 Å². The molecule has 1 saturated carbocycles. The smallest absolute Gasteiger partial charge is 0.319 e. The maximum absolute atomic E-state index is 13.8. The lowest BCUT2D eigenvalue weighted by atomic mass is 9.74. The Hall–Kier alpha value is -2.67. The number of hydrogen-bond donors (Lipinski definition) is 2. The Morgan fingerprint density at radius 1 is 1.32 bits per heavy atom. The van der Waals surface area contributed by atoms with Gasteiger partial charge in [0.1, 0.15) is 11.6 Å². The van der Waals surface area contributed by atoms with E-state index in [1.807, 2.05) is 39.0 Å². The molecule has 0 radical (unpaired) electrons. The van der Waals surface area contributed by atoms with Crippen LogP contribution in [0.4, 0.5) is 9.18 Å². The summed E-state index contributed by atoms with van der Waals surface area (Å²) in [6.45, 7) is 9.77. The molecule has 1 aromatic rings. The van der Waals surface area contributed by atoms with E-state index in [2.05, 4.69) is 34.6 Å². The highest BCUT2D eigenvalue weighted by molar-refractivity contribution is 5.90. The molecule has 0 aromatic heterocycles. The van der Waals surface area contributed by atoms with E-state index < -0.39 is 11.4 Å². The number of piperidine rings is 1. The summed E-state index contributed by atoms with van der Waals surface area (Å²) >= 11 is 0. The summed E-state index contributed by atoms with van der Waals surface area (Å²) in [4.78, 5) is 27.7. The third-order valence-corrected chi connectivity index (χ3v) is 7.20. The predicted molar refractivity (Wildman–Crippen MR) is 130 cm³/mol. The van der Waals surface area contributed by atoms with Gasteiger partial charge in [0.05, 0.1) is 12.6 Å². The monoisotopic (exact) mass is 469 g/mol. The van der Waals surface area contributed by atoms with Crippen LogP contribution in [0.3, 0.4) is 0 Å².